The average molecular weight is 318 g/mol. The summed E-state index contributed by atoms with van der Waals surface area (Å²) in [5.41, 5.74) is 1.75. The highest BCUT2D eigenvalue weighted by molar-refractivity contribution is 6.31. The van der Waals surface area contributed by atoms with Crippen LogP contribution in [0.3, 0.4) is 0 Å². The molecule has 0 saturated carbocycles. The normalized spacial score (nSPS) is 10.9. The summed E-state index contributed by atoms with van der Waals surface area (Å²) in [5, 5.41) is 1.13. The summed E-state index contributed by atoms with van der Waals surface area (Å²) < 4.78 is 20.9. The van der Waals surface area contributed by atoms with E-state index in [1.807, 2.05) is 10.6 Å². The van der Waals surface area contributed by atoms with E-state index in [9.17, 15) is 9.18 Å². The van der Waals surface area contributed by atoms with Crippen molar-refractivity contribution in [3.63, 3.8) is 0 Å². The van der Waals surface area contributed by atoms with Crippen LogP contribution >= 0.6 is 11.6 Å². The Kier molecular flexibility index (Phi) is 3.86. The standard InChI is InChI=1S/C17H13ClFNO2/c1-22-12-5-6-17-13(7-12)11(10-21)8-20(17)9-14-15(18)3-2-4-16(14)19/h2-8,10H,9H2,1H3. The summed E-state index contributed by atoms with van der Waals surface area (Å²) in [4.78, 5) is 11.3. The molecule has 0 amide bonds. The Bertz CT molecular complexity index is 837. The predicted molar refractivity (Wildman–Crippen MR) is 84.4 cm³/mol. The molecule has 0 bridgehead atoms. The molecule has 112 valence electrons. The lowest BCUT2D eigenvalue weighted by atomic mass is 10.2. The maximum atomic E-state index is 14.0. The molecule has 0 aliphatic heterocycles. The van der Waals surface area contributed by atoms with E-state index in [-0.39, 0.29) is 12.4 Å². The van der Waals surface area contributed by atoms with Crippen LogP contribution in [0.15, 0.2) is 42.6 Å². The van der Waals surface area contributed by atoms with Crippen molar-refractivity contribution in [2.75, 3.05) is 7.11 Å². The summed E-state index contributed by atoms with van der Waals surface area (Å²) in [6.07, 6.45) is 2.47. The minimum atomic E-state index is -0.365. The second kappa shape index (κ2) is 5.81. The first-order valence-corrected chi connectivity index (χ1v) is 7.06. The van der Waals surface area contributed by atoms with Crippen molar-refractivity contribution in [2.45, 2.75) is 6.54 Å². The number of ether oxygens (including phenoxy) is 1. The van der Waals surface area contributed by atoms with Crippen molar-refractivity contribution in [1.82, 2.24) is 4.57 Å². The fourth-order valence-corrected chi connectivity index (χ4v) is 2.73. The highest BCUT2D eigenvalue weighted by atomic mass is 35.5. The van der Waals surface area contributed by atoms with Crippen LogP contribution in [0.1, 0.15) is 15.9 Å². The second-order valence-electron chi connectivity index (χ2n) is 4.91. The number of rotatable bonds is 4. The van der Waals surface area contributed by atoms with Crippen LogP contribution in [0.25, 0.3) is 10.9 Å². The van der Waals surface area contributed by atoms with E-state index in [1.54, 1.807) is 37.6 Å². The number of fused-ring (bicyclic) bond motifs is 1. The fraction of sp³-hybridized carbons (Fsp3) is 0.118. The van der Waals surface area contributed by atoms with Crippen LogP contribution in [0.4, 0.5) is 4.39 Å². The van der Waals surface area contributed by atoms with Gasteiger partial charge in [-0.15, -0.1) is 0 Å². The van der Waals surface area contributed by atoms with Gasteiger partial charge in [-0.2, -0.15) is 0 Å². The lowest BCUT2D eigenvalue weighted by Gasteiger charge is -2.09. The highest BCUT2D eigenvalue weighted by Crippen LogP contribution is 2.27. The molecule has 0 unspecified atom stereocenters. The van der Waals surface area contributed by atoms with Gasteiger partial charge in [-0.05, 0) is 30.3 Å². The van der Waals surface area contributed by atoms with Gasteiger partial charge < -0.3 is 9.30 Å². The number of halogens is 2. The maximum Gasteiger partial charge on any atom is 0.152 e. The third kappa shape index (κ3) is 2.46. The van der Waals surface area contributed by atoms with Gasteiger partial charge in [-0.3, -0.25) is 4.79 Å². The van der Waals surface area contributed by atoms with Crippen LogP contribution in [-0.4, -0.2) is 18.0 Å². The molecule has 1 heterocycles. The van der Waals surface area contributed by atoms with Crippen molar-refractivity contribution in [3.05, 3.63) is 64.6 Å². The van der Waals surface area contributed by atoms with Gasteiger partial charge in [0.1, 0.15) is 11.6 Å². The first-order valence-electron chi connectivity index (χ1n) is 6.69. The molecular formula is C17H13ClFNO2. The third-order valence-electron chi connectivity index (χ3n) is 3.64. The molecule has 2 aromatic carbocycles. The Morgan fingerprint density at radius 1 is 1.32 bits per heavy atom. The molecule has 5 heteroatoms. The highest BCUT2D eigenvalue weighted by Gasteiger charge is 2.13. The van der Waals surface area contributed by atoms with E-state index in [2.05, 4.69) is 0 Å². The molecule has 0 aliphatic carbocycles. The first kappa shape index (κ1) is 14.6. The second-order valence-corrected chi connectivity index (χ2v) is 5.32. The zero-order valence-corrected chi connectivity index (χ0v) is 12.6. The van der Waals surface area contributed by atoms with Crippen LogP contribution in [0.2, 0.25) is 5.02 Å². The minimum Gasteiger partial charge on any atom is -0.497 e. The van der Waals surface area contributed by atoms with Crippen LogP contribution in [0.5, 0.6) is 5.75 Å². The molecule has 22 heavy (non-hydrogen) atoms. The van der Waals surface area contributed by atoms with E-state index in [0.717, 1.165) is 17.2 Å². The number of benzene rings is 2. The van der Waals surface area contributed by atoms with Crippen LogP contribution in [0, 0.1) is 5.82 Å². The number of aldehydes is 1. The summed E-state index contributed by atoms with van der Waals surface area (Å²) in [5.74, 6) is 0.299. The summed E-state index contributed by atoms with van der Waals surface area (Å²) >= 11 is 6.08. The summed E-state index contributed by atoms with van der Waals surface area (Å²) in [7, 11) is 1.57. The van der Waals surface area contributed by atoms with Gasteiger partial charge in [-0.1, -0.05) is 17.7 Å². The molecule has 0 saturated heterocycles. The Labute approximate surface area is 131 Å². The van der Waals surface area contributed by atoms with Gasteiger partial charge >= 0.3 is 0 Å². The molecule has 3 rings (SSSR count). The number of aromatic nitrogens is 1. The number of carbonyl (C=O) groups is 1. The topological polar surface area (TPSA) is 31.2 Å². The molecular weight excluding hydrogens is 305 g/mol. The Balaban J connectivity index is 2.13. The van der Waals surface area contributed by atoms with Crippen molar-refractivity contribution in [2.24, 2.45) is 0 Å². The molecule has 0 aliphatic rings. The fourth-order valence-electron chi connectivity index (χ4n) is 2.51. The summed E-state index contributed by atoms with van der Waals surface area (Å²) in [6, 6.07) is 10.0. The zero-order chi connectivity index (χ0) is 15.7. The molecule has 3 nitrogen and oxygen atoms in total. The first-order chi connectivity index (χ1) is 10.6. The van der Waals surface area contributed by atoms with Crippen molar-refractivity contribution in [1.29, 1.82) is 0 Å². The quantitative estimate of drug-likeness (QED) is 0.672. The lowest BCUT2D eigenvalue weighted by molar-refractivity contribution is 0.112. The van der Waals surface area contributed by atoms with E-state index >= 15 is 0 Å². The Hall–Kier alpha value is -2.33. The third-order valence-corrected chi connectivity index (χ3v) is 3.99. The maximum absolute atomic E-state index is 14.0. The summed E-state index contributed by atoms with van der Waals surface area (Å²) in [6.45, 7) is 0.252. The van der Waals surface area contributed by atoms with Gasteiger partial charge in [-0.25, -0.2) is 4.39 Å². The predicted octanol–water partition coefficient (Wildman–Crippen LogP) is 4.30. The van der Waals surface area contributed by atoms with Gasteiger partial charge in [0.15, 0.2) is 6.29 Å². The molecule has 1 aromatic heterocycles. The SMILES string of the molecule is COc1ccc2c(c1)c(C=O)cn2Cc1c(F)cccc1Cl. The van der Waals surface area contributed by atoms with E-state index in [0.29, 0.717) is 21.9 Å². The van der Waals surface area contributed by atoms with E-state index in [1.165, 1.54) is 6.07 Å². The molecule has 0 radical (unpaired) electrons. The Morgan fingerprint density at radius 2 is 2.14 bits per heavy atom. The van der Waals surface area contributed by atoms with Crippen molar-refractivity contribution >= 4 is 28.8 Å². The largest absolute Gasteiger partial charge is 0.497 e. The lowest BCUT2D eigenvalue weighted by Crippen LogP contribution is -2.01. The van der Waals surface area contributed by atoms with E-state index < -0.39 is 0 Å². The molecule has 0 N–H and O–H groups in total. The molecule has 0 atom stereocenters. The molecule has 3 aromatic rings. The zero-order valence-electron chi connectivity index (χ0n) is 11.8. The van der Waals surface area contributed by atoms with Gasteiger partial charge in [0.05, 0.1) is 13.7 Å². The van der Waals surface area contributed by atoms with Crippen molar-refractivity contribution in [3.8, 4) is 5.75 Å². The molecule has 0 fully saturated rings. The van der Waals surface area contributed by atoms with Gasteiger partial charge in [0.25, 0.3) is 0 Å². The number of hydrogen-bond donors (Lipinski definition) is 0. The Morgan fingerprint density at radius 3 is 2.82 bits per heavy atom. The van der Waals surface area contributed by atoms with Gasteiger partial charge in [0, 0.05) is 33.2 Å². The minimum absolute atomic E-state index is 0.252. The molecule has 0 spiro atoms. The number of methoxy groups -OCH3 is 1. The van der Waals surface area contributed by atoms with Crippen LogP contribution < -0.4 is 4.74 Å². The van der Waals surface area contributed by atoms with Crippen LogP contribution in [-0.2, 0) is 6.54 Å². The number of carbonyl (C=O) groups excluding carboxylic acids is 1. The number of nitrogens with zero attached hydrogens (tertiary/aromatic N) is 1. The van der Waals surface area contributed by atoms with E-state index in [4.69, 9.17) is 16.3 Å². The average Bonchev–Trinajstić information content (AvgIpc) is 2.88. The number of hydrogen-bond acceptors (Lipinski definition) is 2. The van der Waals surface area contributed by atoms with Crippen molar-refractivity contribution < 1.29 is 13.9 Å². The monoisotopic (exact) mass is 317 g/mol. The smallest absolute Gasteiger partial charge is 0.152 e. The van der Waals surface area contributed by atoms with Gasteiger partial charge in [0.2, 0.25) is 0 Å².